The van der Waals surface area contributed by atoms with Gasteiger partial charge in [-0.25, -0.2) is 0 Å². The zero-order valence-electron chi connectivity index (χ0n) is 13.8. The summed E-state index contributed by atoms with van der Waals surface area (Å²) in [7, 11) is 4.08. The van der Waals surface area contributed by atoms with Gasteiger partial charge in [0, 0.05) is 32.2 Å². The first-order valence-electron chi connectivity index (χ1n) is 7.72. The highest BCUT2D eigenvalue weighted by atomic mass is 127. The smallest absolute Gasteiger partial charge is 0.191 e. The second kappa shape index (κ2) is 10.7. The minimum atomic E-state index is 0. The Morgan fingerprint density at radius 3 is 2.35 bits per heavy atom. The lowest BCUT2D eigenvalue weighted by atomic mass is 10.1. The van der Waals surface area contributed by atoms with Crippen molar-refractivity contribution in [1.29, 1.82) is 0 Å². The summed E-state index contributed by atoms with van der Waals surface area (Å²) in [5.74, 6) is 1.53. The van der Waals surface area contributed by atoms with E-state index in [-0.39, 0.29) is 24.0 Å². The second-order valence-electron chi connectivity index (χ2n) is 6.09. The molecular formula is C15H33IN4. The third kappa shape index (κ3) is 7.11. The van der Waals surface area contributed by atoms with Gasteiger partial charge in [-0.05, 0) is 32.7 Å². The van der Waals surface area contributed by atoms with Gasteiger partial charge in [-0.2, -0.15) is 0 Å². The van der Waals surface area contributed by atoms with Gasteiger partial charge in [-0.1, -0.05) is 26.7 Å². The molecule has 1 unspecified atom stereocenters. The molecule has 1 saturated carbocycles. The molecule has 0 saturated heterocycles. The first-order valence-corrected chi connectivity index (χ1v) is 7.72. The maximum atomic E-state index is 4.28. The highest BCUT2D eigenvalue weighted by Crippen LogP contribution is 2.21. The topological polar surface area (TPSA) is 39.7 Å². The van der Waals surface area contributed by atoms with Crippen LogP contribution in [0.1, 0.15) is 46.5 Å². The maximum absolute atomic E-state index is 4.28. The van der Waals surface area contributed by atoms with E-state index in [1.165, 1.54) is 25.7 Å². The summed E-state index contributed by atoms with van der Waals surface area (Å²) in [6.45, 7) is 8.68. The molecule has 0 aromatic carbocycles. The predicted molar refractivity (Wildman–Crippen MR) is 99.1 cm³/mol. The fourth-order valence-corrected chi connectivity index (χ4v) is 2.46. The van der Waals surface area contributed by atoms with E-state index in [1.54, 1.807) is 0 Å². The molecule has 2 N–H and O–H groups in total. The van der Waals surface area contributed by atoms with Crippen LogP contribution < -0.4 is 10.6 Å². The third-order valence-corrected chi connectivity index (χ3v) is 4.29. The number of guanidine groups is 1. The van der Waals surface area contributed by atoms with Crippen molar-refractivity contribution in [2.24, 2.45) is 10.9 Å². The lowest BCUT2D eigenvalue weighted by Crippen LogP contribution is -2.46. The molecule has 1 aliphatic rings. The van der Waals surface area contributed by atoms with Crippen molar-refractivity contribution in [1.82, 2.24) is 15.5 Å². The molecule has 20 heavy (non-hydrogen) atoms. The molecule has 1 aliphatic carbocycles. The van der Waals surface area contributed by atoms with Gasteiger partial charge in [0.2, 0.25) is 0 Å². The van der Waals surface area contributed by atoms with Crippen molar-refractivity contribution in [3.05, 3.63) is 0 Å². The van der Waals surface area contributed by atoms with Crippen LogP contribution in [0.2, 0.25) is 0 Å². The largest absolute Gasteiger partial charge is 0.355 e. The van der Waals surface area contributed by atoms with Gasteiger partial charge < -0.3 is 15.5 Å². The van der Waals surface area contributed by atoms with Crippen molar-refractivity contribution in [3.8, 4) is 0 Å². The molecule has 1 rings (SSSR count). The summed E-state index contributed by atoms with van der Waals surface area (Å²) in [4.78, 5) is 6.77. The molecule has 0 heterocycles. The van der Waals surface area contributed by atoms with E-state index in [4.69, 9.17) is 0 Å². The van der Waals surface area contributed by atoms with Gasteiger partial charge in [0.25, 0.3) is 0 Å². The van der Waals surface area contributed by atoms with Crippen LogP contribution in [0, 0.1) is 5.92 Å². The fourth-order valence-electron chi connectivity index (χ4n) is 2.46. The number of halogens is 1. The highest BCUT2D eigenvalue weighted by molar-refractivity contribution is 14.0. The first-order chi connectivity index (χ1) is 9.04. The van der Waals surface area contributed by atoms with Gasteiger partial charge >= 0.3 is 0 Å². The van der Waals surface area contributed by atoms with Crippen molar-refractivity contribution < 1.29 is 0 Å². The molecule has 0 bridgehead atoms. The SMILES string of the molecule is CN=C(NCCN(C)C1CCCC1)NC(C)C(C)C.I. The zero-order chi connectivity index (χ0) is 14.3. The van der Waals surface area contributed by atoms with E-state index < -0.39 is 0 Å². The zero-order valence-corrected chi connectivity index (χ0v) is 16.1. The van der Waals surface area contributed by atoms with E-state index in [0.29, 0.717) is 12.0 Å². The Kier molecular flexibility index (Phi) is 10.6. The summed E-state index contributed by atoms with van der Waals surface area (Å²) in [5.41, 5.74) is 0. The number of nitrogens with zero attached hydrogens (tertiary/aromatic N) is 2. The van der Waals surface area contributed by atoms with E-state index in [9.17, 15) is 0 Å². The summed E-state index contributed by atoms with van der Waals surface area (Å²) >= 11 is 0. The minimum Gasteiger partial charge on any atom is -0.355 e. The average molecular weight is 396 g/mol. The van der Waals surface area contributed by atoms with Crippen molar-refractivity contribution in [3.63, 3.8) is 0 Å². The molecule has 0 aliphatic heterocycles. The number of hydrogen-bond donors (Lipinski definition) is 2. The molecule has 1 fully saturated rings. The van der Waals surface area contributed by atoms with Crippen LogP contribution in [0.5, 0.6) is 0 Å². The number of nitrogens with one attached hydrogen (secondary N) is 2. The lowest BCUT2D eigenvalue weighted by Gasteiger charge is -2.25. The summed E-state index contributed by atoms with van der Waals surface area (Å²) in [6.07, 6.45) is 5.54. The van der Waals surface area contributed by atoms with Crippen molar-refractivity contribution in [2.45, 2.75) is 58.5 Å². The van der Waals surface area contributed by atoms with Gasteiger partial charge in [-0.15, -0.1) is 24.0 Å². The van der Waals surface area contributed by atoms with Crippen LogP contribution >= 0.6 is 24.0 Å². The predicted octanol–water partition coefficient (Wildman–Crippen LogP) is 2.69. The number of likely N-dealkylation sites (N-methyl/N-ethyl adjacent to an activating group) is 1. The summed E-state index contributed by atoms with van der Waals surface area (Å²) in [5, 5.41) is 6.84. The lowest BCUT2D eigenvalue weighted by molar-refractivity contribution is 0.249. The van der Waals surface area contributed by atoms with E-state index in [2.05, 4.69) is 48.3 Å². The number of hydrogen-bond acceptors (Lipinski definition) is 2. The van der Waals surface area contributed by atoms with Crippen LogP contribution in [0.25, 0.3) is 0 Å². The molecule has 0 aromatic rings. The Balaban J connectivity index is 0.00000361. The van der Waals surface area contributed by atoms with Crippen molar-refractivity contribution in [2.75, 3.05) is 27.2 Å². The Morgan fingerprint density at radius 1 is 1.25 bits per heavy atom. The van der Waals surface area contributed by atoms with Crippen LogP contribution in [0.3, 0.4) is 0 Å². The molecular weight excluding hydrogens is 363 g/mol. The summed E-state index contributed by atoms with van der Waals surface area (Å²) in [6, 6.07) is 1.24. The normalized spacial score (nSPS) is 18.2. The molecule has 0 aromatic heterocycles. The second-order valence-corrected chi connectivity index (χ2v) is 6.09. The Hall–Kier alpha value is -0.0400. The first kappa shape index (κ1) is 20.0. The monoisotopic (exact) mass is 396 g/mol. The van der Waals surface area contributed by atoms with Gasteiger partial charge in [0.1, 0.15) is 0 Å². The number of aliphatic imine (C=N–C) groups is 1. The molecule has 5 heteroatoms. The molecule has 0 amide bonds. The Bertz CT molecular complexity index is 275. The van der Waals surface area contributed by atoms with E-state index in [1.807, 2.05) is 7.05 Å². The van der Waals surface area contributed by atoms with Gasteiger partial charge in [0.15, 0.2) is 5.96 Å². The molecule has 1 atom stereocenters. The van der Waals surface area contributed by atoms with Crippen LogP contribution in [-0.2, 0) is 0 Å². The fraction of sp³-hybridized carbons (Fsp3) is 0.933. The minimum absolute atomic E-state index is 0. The van der Waals surface area contributed by atoms with E-state index >= 15 is 0 Å². The quantitative estimate of drug-likeness (QED) is 0.412. The number of rotatable bonds is 6. The Labute approximate surface area is 142 Å². The molecule has 4 nitrogen and oxygen atoms in total. The molecule has 120 valence electrons. The standard InChI is InChI=1S/C15H32N4.HI/c1-12(2)13(3)18-15(16-4)17-10-11-19(5)14-8-6-7-9-14;/h12-14H,6-11H2,1-5H3,(H2,16,17,18);1H. The average Bonchev–Trinajstić information content (AvgIpc) is 2.90. The third-order valence-electron chi connectivity index (χ3n) is 4.29. The van der Waals surface area contributed by atoms with Crippen molar-refractivity contribution >= 4 is 29.9 Å². The molecule has 0 radical (unpaired) electrons. The van der Waals surface area contributed by atoms with Crippen LogP contribution in [0.15, 0.2) is 4.99 Å². The Morgan fingerprint density at radius 2 is 1.85 bits per heavy atom. The van der Waals surface area contributed by atoms with Crippen LogP contribution in [-0.4, -0.2) is 50.1 Å². The highest BCUT2D eigenvalue weighted by Gasteiger charge is 2.18. The van der Waals surface area contributed by atoms with Crippen LogP contribution in [0.4, 0.5) is 0 Å². The molecule has 0 spiro atoms. The van der Waals surface area contributed by atoms with Gasteiger partial charge in [0.05, 0.1) is 0 Å². The van der Waals surface area contributed by atoms with Gasteiger partial charge in [-0.3, -0.25) is 4.99 Å². The van der Waals surface area contributed by atoms with E-state index in [0.717, 1.165) is 25.1 Å². The maximum Gasteiger partial charge on any atom is 0.191 e. The summed E-state index contributed by atoms with van der Waals surface area (Å²) < 4.78 is 0.